The molecule has 0 spiro atoms. The molecule has 0 unspecified atom stereocenters. The van der Waals surface area contributed by atoms with Crippen molar-refractivity contribution in [1.82, 2.24) is 4.98 Å². The minimum atomic E-state index is -0.538. The van der Waals surface area contributed by atoms with E-state index >= 15 is 0 Å². The van der Waals surface area contributed by atoms with Crippen molar-refractivity contribution < 1.29 is 9.84 Å². The molecule has 0 aliphatic rings. The topological polar surface area (TPSA) is 66.1 Å². The number of thioether (sulfide) groups is 1. The number of hydrogen-bond donors (Lipinski definition) is 1. The molecule has 0 aliphatic heterocycles. The zero-order valence-electron chi connectivity index (χ0n) is 10.9. The van der Waals surface area contributed by atoms with Gasteiger partial charge in [0.05, 0.1) is 18.3 Å². The minimum Gasteiger partial charge on any atom is -0.390 e. The molecule has 98 valence electrons. The molecule has 4 nitrogen and oxygen atoms in total. The molecule has 0 bridgehead atoms. The Hall–Kier alpha value is -1.09. The van der Waals surface area contributed by atoms with E-state index in [9.17, 15) is 5.11 Å². The Morgan fingerprint density at radius 1 is 1.56 bits per heavy atom. The van der Waals surface area contributed by atoms with Crippen molar-refractivity contribution in [2.24, 2.45) is 0 Å². The van der Waals surface area contributed by atoms with Gasteiger partial charge in [0, 0.05) is 18.1 Å². The predicted octanol–water partition coefficient (Wildman–Crippen LogP) is 2.06. The highest BCUT2D eigenvalue weighted by Crippen LogP contribution is 2.24. The first-order chi connectivity index (χ1) is 8.58. The summed E-state index contributed by atoms with van der Waals surface area (Å²) in [6.07, 6.45) is -0.538. The van der Waals surface area contributed by atoms with Gasteiger partial charge in [-0.25, -0.2) is 4.98 Å². The third-order valence-corrected chi connectivity index (χ3v) is 3.47. The molecule has 1 heterocycles. The second-order valence-electron chi connectivity index (χ2n) is 4.00. The SMILES string of the molecule is CCOC[C@@H](O)CSc1nc(C)cc(C)c1C#N. The van der Waals surface area contributed by atoms with Crippen LogP contribution >= 0.6 is 11.8 Å². The van der Waals surface area contributed by atoms with Crippen molar-refractivity contribution in [2.75, 3.05) is 19.0 Å². The van der Waals surface area contributed by atoms with Gasteiger partial charge >= 0.3 is 0 Å². The van der Waals surface area contributed by atoms with Crippen molar-refractivity contribution in [3.05, 3.63) is 22.9 Å². The van der Waals surface area contributed by atoms with Crippen LogP contribution in [0.3, 0.4) is 0 Å². The number of nitriles is 1. The zero-order valence-corrected chi connectivity index (χ0v) is 11.8. The van der Waals surface area contributed by atoms with Crippen LogP contribution in [0.1, 0.15) is 23.7 Å². The lowest BCUT2D eigenvalue weighted by Crippen LogP contribution is -2.18. The van der Waals surface area contributed by atoms with Gasteiger partial charge < -0.3 is 9.84 Å². The Morgan fingerprint density at radius 2 is 2.28 bits per heavy atom. The summed E-state index contributed by atoms with van der Waals surface area (Å²) in [5.74, 6) is 0.477. The molecule has 0 aliphatic carbocycles. The molecule has 1 aromatic rings. The average molecular weight is 266 g/mol. The highest BCUT2D eigenvalue weighted by atomic mass is 32.2. The molecule has 0 aromatic carbocycles. The number of aryl methyl sites for hydroxylation is 2. The van der Waals surface area contributed by atoms with E-state index in [2.05, 4.69) is 11.1 Å². The van der Waals surface area contributed by atoms with Crippen LogP contribution in [0.15, 0.2) is 11.1 Å². The average Bonchev–Trinajstić information content (AvgIpc) is 2.33. The van der Waals surface area contributed by atoms with Crippen molar-refractivity contribution >= 4 is 11.8 Å². The van der Waals surface area contributed by atoms with Crippen molar-refractivity contribution in [1.29, 1.82) is 5.26 Å². The maximum atomic E-state index is 9.69. The maximum Gasteiger partial charge on any atom is 0.114 e. The van der Waals surface area contributed by atoms with Gasteiger partial charge in [-0.15, -0.1) is 11.8 Å². The van der Waals surface area contributed by atoms with Gasteiger partial charge in [0.2, 0.25) is 0 Å². The summed E-state index contributed by atoms with van der Waals surface area (Å²) >= 11 is 1.39. The summed E-state index contributed by atoms with van der Waals surface area (Å²) in [4.78, 5) is 4.35. The molecule has 18 heavy (non-hydrogen) atoms. The fourth-order valence-corrected chi connectivity index (χ4v) is 2.53. The highest BCUT2D eigenvalue weighted by Gasteiger charge is 2.12. The number of ether oxygens (including phenoxy) is 1. The molecule has 5 heteroatoms. The predicted molar refractivity (Wildman–Crippen MR) is 71.6 cm³/mol. The van der Waals surface area contributed by atoms with E-state index in [1.165, 1.54) is 11.8 Å². The van der Waals surface area contributed by atoms with E-state index in [4.69, 9.17) is 10.00 Å². The van der Waals surface area contributed by atoms with Crippen LogP contribution in [0, 0.1) is 25.2 Å². The Kier molecular flexibility index (Phi) is 6.13. The normalized spacial score (nSPS) is 12.2. The summed E-state index contributed by atoms with van der Waals surface area (Å²) in [7, 11) is 0. The highest BCUT2D eigenvalue weighted by molar-refractivity contribution is 7.99. The molecule has 0 amide bonds. The van der Waals surface area contributed by atoms with Crippen LogP contribution in [-0.2, 0) is 4.74 Å². The lowest BCUT2D eigenvalue weighted by molar-refractivity contribution is 0.0551. The maximum absolute atomic E-state index is 9.69. The van der Waals surface area contributed by atoms with Gasteiger partial charge in [-0.2, -0.15) is 5.26 Å². The Balaban J connectivity index is 2.70. The van der Waals surface area contributed by atoms with E-state index in [0.29, 0.717) is 29.6 Å². The lowest BCUT2D eigenvalue weighted by Gasteiger charge is -2.11. The van der Waals surface area contributed by atoms with Gasteiger partial charge in [0.1, 0.15) is 11.1 Å². The number of pyridine rings is 1. The third-order valence-electron chi connectivity index (χ3n) is 2.35. The molecule has 0 saturated heterocycles. The first-order valence-corrected chi connectivity index (χ1v) is 6.84. The molecule has 1 aromatic heterocycles. The van der Waals surface area contributed by atoms with Gasteiger partial charge in [0.15, 0.2) is 0 Å². The second-order valence-corrected chi connectivity index (χ2v) is 5.01. The number of aliphatic hydroxyl groups excluding tert-OH is 1. The molecular formula is C13H18N2O2S. The molecule has 1 atom stereocenters. The fraction of sp³-hybridized carbons (Fsp3) is 0.538. The standard InChI is InChI=1S/C13H18N2O2S/c1-4-17-7-11(16)8-18-13-12(6-14)9(2)5-10(3)15-13/h5,11,16H,4,7-8H2,1-3H3/t11-/m1/s1. The molecule has 1 N–H and O–H groups in total. The Morgan fingerprint density at radius 3 is 2.89 bits per heavy atom. The Labute approximate surface area is 112 Å². The second kappa shape index (κ2) is 7.37. The summed E-state index contributed by atoms with van der Waals surface area (Å²) < 4.78 is 5.14. The van der Waals surface area contributed by atoms with E-state index in [-0.39, 0.29) is 0 Å². The van der Waals surface area contributed by atoms with Crippen LogP contribution in [0.25, 0.3) is 0 Å². The van der Waals surface area contributed by atoms with E-state index in [1.54, 1.807) is 0 Å². The monoisotopic (exact) mass is 266 g/mol. The van der Waals surface area contributed by atoms with Gasteiger partial charge in [-0.05, 0) is 32.4 Å². The quantitative estimate of drug-likeness (QED) is 0.798. The van der Waals surface area contributed by atoms with E-state index < -0.39 is 6.10 Å². The molecule has 0 saturated carbocycles. The van der Waals surface area contributed by atoms with Gasteiger partial charge in [-0.1, -0.05) is 0 Å². The van der Waals surface area contributed by atoms with E-state index in [0.717, 1.165) is 11.3 Å². The van der Waals surface area contributed by atoms with Crippen LogP contribution < -0.4 is 0 Å². The van der Waals surface area contributed by atoms with Crippen LogP contribution in [-0.4, -0.2) is 35.2 Å². The van der Waals surface area contributed by atoms with Crippen LogP contribution in [0.4, 0.5) is 0 Å². The molecule has 1 rings (SSSR count). The number of aromatic nitrogens is 1. The van der Waals surface area contributed by atoms with Gasteiger partial charge in [0.25, 0.3) is 0 Å². The number of hydrogen-bond acceptors (Lipinski definition) is 5. The summed E-state index contributed by atoms with van der Waals surface area (Å²) in [6.45, 7) is 6.59. The minimum absolute atomic E-state index is 0.316. The largest absolute Gasteiger partial charge is 0.390 e. The smallest absolute Gasteiger partial charge is 0.114 e. The summed E-state index contributed by atoms with van der Waals surface area (Å²) in [6, 6.07) is 4.05. The van der Waals surface area contributed by atoms with Crippen molar-refractivity contribution in [3.8, 4) is 6.07 Å². The lowest BCUT2D eigenvalue weighted by atomic mass is 10.1. The summed E-state index contributed by atoms with van der Waals surface area (Å²) in [5, 5.41) is 19.5. The third kappa shape index (κ3) is 4.30. The zero-order chi connectivity index (χ0) is 13.5. The van der Waals surface area contributed by atoms with Gasteiger partial charge in [-0.3, -0.25) is 0 Å². The van der Waals surface area contributed by atoms with Crippen LogP contribution in [0.5, 0.6) is 0 Å². The van der Waals surface area contributed by atoms with Crippen molar-refractivity contribution in [3.63, 3.8) is 0 Å². The first-order valence-electron chi connectivity index (χ1n) is 5.85. The van der Waals surface area contributed by atoms with E-state index in [1.807, 2.05) is 26.8 Å². The summed E-state index contributed by atoms with van der Waals surface area (Å²) in [5.41, 5.74) is 2.40. The number of nitrogens with zero attached hydrogens (tertiary/aromatic N) is 2. The number of aliphatic hydroxyl groups is 1. The fourth-order valence-electron chi connectivity index (χ4n) is 1.52. The molecular weight excluding hydrogens is 248 g/mol. The first kappa shape index (κ1) is 15.0. The Bertz CT molecular complexity index is 443. The molecule has 0 radical (unpaired) electrons. The van der Waals surface area contributed by atoms with Crippen LogP contribution in [0.2, 0.25) is 0 Å². The molecule has 0 fully saturated rings. The number of rotatable bonds is 6. The van der Waals surface area contributed by atoms with Crippen molar-refractivity contribution in [2.45, 2.75) is 31.9 Å².